The van der Waals surface area contributed by atoms with Crippen LogP contribution in [-0.2, 0) is 30.4 Å². The molecule has 1 amide bonds. The number of Topliss-reactive ketones (excluding diaryl/α,β-unsaturated/α-hetero) is 1. The van der Waals surface area contributed by atoms with Crippen LogP contribution in [0.5, 0.6) is 0 Å². The van der Waals surface area contributed by atoms with Gasteiger partial charge in [-0.3, -0.25) is 29.2 Å². The predicted octanol–water partition coefficient (Wildman–Crippen LogP) is -2.90. The zero-order valence-electron chi connectivity index (χ0n) is 27.8. The number of carboxylic acids is 3. The van der Waals surface area contributed by atoms with E-state index in [-0.39, 0.29) is 123 Å². The number of benzene rings is 1. The molecule has 1 heterocycles. The summed E-state index contributed by atoms with van der Waals surface area (Å²) in [6, 6.07) is 7.38. The van der Waals surface area contributed by atoms with E-state index >= 15 is 0 Å². The maximum atomic E-state index is 13.2. The van der Waals surface area contributed by atoms with Crippen molar-refractivity contribution in [1.82, 2.24) is 24.9 Å². The molecule has 48 heavy (non-hydrogen) atoms. The molecule has 1 atom stereocenters. The minimum Gasteiger partial charge on any atom is -0.549 e. The van der Waals surface area contributed by atoms with Crippen LogP contribution in [-0.4, -0.2) is 134 Å². The van der Waals surface area contributed by atoms with Gasteiger partial charge in [0.2, 0.25) is 5.91 Å². The van der Waals surface area contributed by atoms with Crippen molar-refractivity contribution in [2.45, 2.75) is 57.9 Å². The number of unbranched alkanes of at least 4 members (excludes halogenated alkanes) is 3. The first kappa shape index (κ1) is 43.5. The maximum Gasteiger partial charge on any atom is 3.00 e. The Morgan fingerprint density at radius 1 is 0.729 bits per heavy atom. The van der Waals surface area contributed by atoms with Crippen molar-refractivity contribution < 1.29 is 79.2 Å². The number of rotatable bonds is 18. The molecule has 0 aromatic heterocycles. The van der Waals surface area contributed by atoms with Gasteiger partial charge in [0.15, 0.2) is 0 Å². The van der Waals surface area contributed by atoms with E-state index < -0.39 is 23.9 Å². The molecular weight excluding hydrogens is 764 g/mol. The van der Waals surface area contributed by atoms with E-state index in [0.29, 0.717) is 19.6 Å². The van der Waals surface area contributed by atoms with Crippen LogP contribution in [0.3, 0.4) is 0 Å². The largest absolute Gasteiger partial charge is 3.00 e. The molecule has 1 unspecified atom stereocenters. The number of carboxylic acid groups (broad SMARTS) is 3. The van der Waals surface area contributed by atoms with Crippen molar-refractivity contribution in [2.24, 2.45) is 0 Å². The summed E-state index contributed by atoms with van der Waals surface area (Å²) in [6.45, 7) is 3.11. The van der Waals surface area contributed by atoms with Crippen molar-refractivity contribution in [3.63, 3.8) is 0 Å². The SMILES string of the molecule is C#Cc1ccc(CCCCCCNC(=O)CCC(=O)C(C)N2CCN(CC(=O)[O-])CCN(CC(=O)[O-])CCN(CC(=O)[O-])CC2)cc1.[Gd+3]. The van der Waals surface area contributed by atoms with Gasteiger partial charge in [-0.15, -0.1) is 6.42 Å². The van der Waals surface area contributed by atoms with Gasteiger partial charge >= 0.3 is 39.9 Å². The molecule has 1 N–H and O–H groups in total. The van der Waals surface area contributed by atoms with Crippen molar-refractivity contribution in [3.05, 3.63) is 35.4 Å². The number of nitrogens with one attached hydrogen (secondary N) is 1. The molecule has 0 spiro atoms. The third-order valence-corrected chi connectivity index (χ3v) is 8.38. The minimum atomic E-state index is -1.29. The van der Waals surface area contributed by atoms with Crippen LogP contribution >= 0.6 is 0 Å². The van der Waals surface area contributed by atoms with E-state index in [9.17, 15) is 39.3 Å². The predicted molar refractivity (Wildman–Crippen MR) is 169 cm³/mol. The fraction of sp³-hybridized carbons (Fsp3) is 0.618. The van der Waals surface area contributed by atoms with Crippen LogP contribution < -0.4 is 20.6 Å². The van der Waals surface area contributed by atoms with Gasteiger partial charge < -0.3 is 35.0 Å². The molecule has 265 valence electrons. The van der Waals surface area contributed by atoms with Crippen LogP contribution in [0.15, 0.2) is 24.3 Å². The second-order valence-electron chi connectivity index (χ2n) is 12.0. The maximum absolute atomic E-state index is 13.2. The second kappa shape index (κ2) is 24.6. The van der Waals surface area contributed by atoms with E-state index in [4.69, 9.17) is 6.42 Å². The van der Waals surface area contributed by atoms with Crippen LogP contribution in [0.4, 0.5) is 0 Å². The van der Waals surface area contributed by atoms with Gasteiger partial charge in [0.1, 0.15) is 5.78 Å². The number of ketones is 1. The number of terminal acetylenes is 1. The Balaban J connectivity index is 0.0000115. The van der Waals surface area contributed by atoms with Gasteiger partial charge in [0.05, 0.1) is 23.9 Å². The Kier molecular flexibility index (Phi) is 22.3. The fourth-order valence-corrected chi connectivity index (χ4v) is 5.50. The Morgan fingerprint density at radius 2 is 1.19 bits per heavy atom. The number of hydrogen-bond acceptors (Lipinski definition) is 12. The first-order valence-electron chi connectivity index (χ1n) is 16.3. The van der Waals surface area contributed by atoms with Gasteiger partial charge in [-0.25, -0.2) is 0 Å². The third kappa shape index (κ3) is 18.9. The summed E-state index contributed by atoms with van der Waals surface area (Å²) in [6.07, 6.45) is 10.4. The second-order valence-corrected chi connectivity index (χ2v) is 12.0. The summed E-state index contributed by atoms with van der Waals surface area (Å²) >= 11 is 0. The van der Waals surface area contributed by atoms with Gasteiger partial charge in [0, 0.05) is 96.9 Å². The average molecular weight is 812 g/mol. The zero-order valence-corrected chi connectivity index (χ0v) is 30.1. The van der Waals surface area contributed by atoms with Crippen LogP contribution in [0.1, 0.15) is 56.6 Å². The molecule has 1 saturated heterocycles. The molecule has 1 aromatic carbocycles. The Morgan fingerprint density at radius 3 is 1.65 bits per heavy atom. The summed E-state index contributed by atoms with van der Waals surface area (Å²) in [5.74, 6) is -1.60. The molecule has 1 radical (unpaired) electrons. The Labute approximate surface area is 316 Å². The first-order valence-corrected chi connectivity index (χ1v) is 16.3. The van der Waals surface area contributed by atoms with Gasteiger partial charge in [-0.05, 0) is 43.9 Å². The third-order valence-electron chi connectivity index (χ3n) is 8.38. The monoisotopic (exact) mass is 812 g/mol. The number of carbonyl (C=O) groups excluding carboxylic acids is 5. The number of amides is 1. The van der Waals surface area contributed by atoms with Crippen LogP contribution in [0.25, 0.3) is 0 Å². The number of carbonyl (C=O) groups is 5. The normalized spacial score (nSPS) is 16.3. The first-order chi connectivity index (χ1) is 22.5. The number of nitrogens with zero attached hydrogens (tertiary/aromatic N) is 4. The number of aliphatic carboxylic acids is 3. The summed E-state index contributed by atoms with van der Waals surface area (Å²) in [5, 5.41) is 36.9. The van der Waals surface area contributed by atoms with Crippen LogP contribution in [0.2, 0.25) is 0 Å². The molecular formula is C34H48GdN5O8. The zero-order chi connectivity index (χ0) is 34.6. The molecule has 1 fully saturated rings. The summed E-state index contributed by atoms with van der Waals surface area (Å²) in [7, 11) is 0. The van der Waals surface area contributed by atoms with E-state index in [1.54, 1.807) is 21.6 Å². The van der Waals surface area contributed by atoms with Crippen LogP contribution in [0, 0.1) is 52.3 Å². The van der Waals surface area contributed by atoms with Crippen molar-refractivity contribution in [2.75, 3.05) is 78.5 Å². The average Bonchev–Trinajstić information content (AvgIpc) is 3.02. The molecule has 14 heteroatoms. The Bertz CT molecular complexity index is 1180. The molecule has 1 aromatic rings. The van der Waals surface area contributed by atoms with Crippen molar-refractivity contribution in [1.29, 1.82) is 0 Å². The molecule has 0 saturated carbocycles. The standard InChI is InChI=1S/C34H51N5O8.Gd/c1-3-28-9-11-29(12-10-28)8-6-4-5-7-15-35-31(41)14-13-30(40)27(2)39-22-20-37(25-33(44)45)18-16-36(24-32(42)43)17-19-38(21-23-39)26-34(46)47;/h1,9-12,27H,4-8,13-26H2,2H3,(H,35,41)(H,42,43)(H,44,45)(H,46,47);/q;+3/p-3. The molecule has 0 aliphatic carbocycles. The summed E-state index contributed by atoms with van der Waals surface area (Å²) in [5.41, 5.74) is 2.11. The van der Waals surface area contributed by atoms with Crippen molar-refractivity contribution in [3.8, 4) is 12.3 Å². The smallest absolute Gasteiger partial charge is 0.549 e. The van der Waals surface area contributed by atoms with Gasteiger partial charge in [0.25, 0.3) is 0 Å². The van der Waals surface area contributed by atoms with Crippen molar-refractivity contribution >= 4 is 29.6 Å². The Hall–Kier alpha value is -2.51. The molecule has 1 aliphatic rings. The number of aryl methyl sites for hydroxylation is 1. The van der Waals surface area contributed by atoms with E-state index in [1.165, 1.54) is 5.56 Å². The van der Waals surface area contributed by atoms with E-state index in [1.807, 2.05) is 29.2 Å². The quantitative estimate of drug-likeness (QED) is 0.118. The fourth-order valence-electron chi connectivity index (χ4n) is 5.50. The topological polar surface area (TPSA) is 180 Å². The van der Waals surface area contributed by atoms with Gasteiger partial charge in [-0.2, -0.15) is 0 Å². The molecule has 0 bridgehead atoms. The summed E-state index contributed by atoms with van der Waals surface area (Å²) < 4.78 is 0. The molecule has 1 aliphatic heterocycles. The minimum absolute atomic E-state index is 0. The molecule has 2 rings (SSSR count). The molecule has 13 nitrogen and oxygen atoms in total. The summed E-state index contributed by atoms with van der Waals surface area (Å²) in [4.78, 5) is 66.3. The van der Waals surface area contributed by atoms with E-state index in [2.05, 4.69) is 11.2 Å². The number of hydrogen-bond donors (Lipinski definition) is 1. The van der Waals surface area contributed by atoms with Gasteiger partial charge in [-0.1, -0.05) is 30.9 Å². The van der Waals surface area contributed by atoms with E-state index in [0.717, 1.165) is 37.7 Å².